The van der Waals surface area contributed by atoms with Crippen molar-refractivity contribution in [3.05, 3.63) is 0 Å². The lowest BCUT2D eigenvalue weighted by molar-refractivity contribution is 0.158. The van der Waals surface area contributed by atoms with Crippen LogP contribution in [0, 0.1) is 5.92 Å². The summed E-state index contributed by atoms with van der Waals surface area (Å²) in [5.41, 5.74) is 0. The molecule has 0 spiro atoms. The Morgan fingerprint density at radius 1 is 1.27 bits per heavy atom. The number of hydrogen-bond donors (Lipinski definition) is 1. The normalized spacial score (nSPS) is 13.4. The zero-order valence-corrected chi connectivity index (χ0v) is 10.9. The van der Waals surface area contributed by atoms with Crippen molar-refractivity contribution in [1.82, 2.24) is 10.2 Å². The molecule has 3 nitrogen and oxygen atoms in total. The maximum atomic E-state index is 5.09. The maximum Gasteiger partial charge on any atom is 0.0499 e. The summed E-state index contributed by atoms with van der Waals surface area (Å²) in [6.07, 6.45) is 1.24. The SMILES string of the molecule is CCN(CC)CCCNCC(C)COC. The first kappa shape index (κ1) is 14.9. The van der Waals surface area contributed by atoms with Crippen LogP contribution in [0.2, 0.25) is 0 Å². The molecule has 0 aliphatic heterocycles. The predicted octanol–water partition coefficient (Wildman–Crippen LogP) is 1.59. The molecule has 3 heteroatoms. The lowest BCUT2D eigenvalue weighted by Gasteiger charge is -2.18. The van der Waals surface area contributed by atoms with Gasteiger partial charge in [-0.25, -0.2) is 0 Å². The van der Waals surface area contributed by atoms with E-state index >= 15 is 0 Å². The predicted molar refractivity (Wildman–Crippen MR) is 66.3 cm³/mol. The van der Waals surface area contributed by atoms with Crippen molar-refractivity contribution >= 4 is 0 Å². The minimum Gasteiger partial charge on any atom is -0.384 e. The van der Waals surface area contributed by atoms with Crippen LogP contribution in [-0.4, -0.2) is 51.3 Å². The van der Waals surface area contributed by atoms with Crippen molar-refractivity contribution in [2.75, 3.05) is 46.4 Å². The average Bonchev–Trinajstić information content (AvgIpc) is 2.24. The minimum atomic E-state index is 0.614. The van der Waals surface area contributed by atoms with Crippen LogP contribution in [0.5, 0.6) is 0 Å². The van der Waals surface area contributed by atoms with E-state index in [1.807, 2.05) is 0 Å². The monoisotopic (exact) mass is 216 g/mol. The molecule has 1 atom stereocenters. The number of ether oxygens (including phenoxy) is 1. The summed E-state index contributed by atoms with van der Waals surface area (Å²) in [5, 5.41) is 3.47. The summed E-state index contributed by atoms with van der Waals surface area (Å²) in [5.74, 6) is 0.614. The van der Waals surface area contributed by atoms with E-state index in [0.29, 0.717) is 5.92 Å². The summed E-state index contributed by atoms with van der Waals surface area (Å²) in [7, 11) is 1.76. The van der Waals surface area contributed by atoms with E-state index in [1.54, 1.807) is 7.11 Å². The second-order valence-electron chi connectivity index (χ2n) is 4.15. The average molecular weight is 216 g/mol. The Bertz CT molecular complexity index is 127. The van der Waals surface area contributed by atoms with Gasteiger partial charge in [-0.05, 0) is 45.1 Å². The summed E-state index contributed by atoms with van der Waals surface area (Å²) in [6.45, 7) is 13.2. The molecule has 0 radical (unpaired) electrons. The first-order valence-corrected chi connectivity index (χ1v) is 6.16. The summed E-state index contributed by atoms with van der Waals surface area (Å²) < 4.78 is 5.09. The fourth-order valence-electron chi connectivity index (χ4n) is 1.66. The minimum absolute atomic E-state index is 0.614. The van der Waals surface area contributed by atoms with Crippen LogP contribution in [0.25, 0.3) is 0 Å². The van der Waals surface area contributed by atoms with Gasteiger partial charge in [-0.15, -0.1) is 0 Å². The van der Waals surface area contributed by atoms with E-state index in [2.05, 4.69) is 31.0 Å². The van der Waals surface area contributed by atoms with Gasteiger partial charge >= 0.3 is 0 Å². The molecule has 0 aromatic heterocycles. The van der Waals surface area contributed by atoms with Crippen LogP contribution in [0.4, 0.5) is 0 Å². The van der Waals surface area contributed by atoms with Gasteiger partial charge in [0.05, 0.1) is 0 Å². The second-order valence-corrected chi connectivity index (χ2v) is 4.15. The number of methoxy groups -OCH3 is 1. The Morgan fingerprint density at radius 3 is 2.47 bits per heavy atom. The lowest BCUT2D eigenvalue weighted by Crippen LogP contribution is -2.29. The Labute approximate surface area is 95.2 Å². The van der Waals surface area contributed by atoms with Crippen molar-refractivity contribution in [2.45, 2.75) is 27.2 Å². The van der Waals surface area contributed by atoms with Crippen molar-refractivity contribution in [3.63, 3.8) is 0 Å². The van der Waals surface area contributed by atoms with E-state index in [-0.39, 0.29) is 0 Å². The summed E-state index contributed by atoms with van der Waals surface area (Å²) in [6, 6.07) is 0. The van der Waals surface area contributed by atoms with Gasteiger partial charge in [-0.1, -0.05) is 20.8 Å². The summed E-state index contributed by atoms with van der Waals surface area (Å²) in [4.78, 5) is 2.46. The topological polar surface area (TPSA) is 24.5 Å². The molecule has 0 aliphatic carbocycles. The van der Waals surface area contributed by atoms with E-state index in [9.17, 15) is 0 Å². The summed E-state index contributed by atoms with van der Waals surface area (Å²) >= 11 is 0. The van der Waals surface area contributed by atoms with Crippen LogP contribution < -0.4 is 5.32 Å². The molecule has 0 saturated carbocycles. The fraction of sp³-hybridized carbons (Fsp3) is 1.00. The highest BCUT2D eigenvalue weighted by Crippen LogP contribution is 1.93. The Balaban J connectivity index is 3.23. The molecule has 1 unspecified atom stereocenters. The van der Waals surface area contributed by atoms with Gasteiger partial charge in [0, 0.05) is 13.7 Å². The van der Waals surface area contributed by atoms with Crippen LogP contribution in [-0.2, 0) is 4.74 Å². The molecule has 0 saturated heterocycles. The first-order chi connectivity index (χ1) is 7.24. The van der Waals surface area contributed by atoms with Gasteiger partial charge in [0.1, 0.15) is 0 Å². The Kier molecular flexibility index (Phi) is 10.3. The smallest absolute Gasteiger partial charge is 0.0499 e. The lowest BCUT2D eigenvalue weighted by atomic mass is 10.2. The number of rotatable bonds is 10. The van der Waals surface area contributed by atoms with Gasteiger partial charge in [0.25, 0.3) is 0 Å². The molecule has 0 fully saturated rings. The Hall–Kier alpha value is -0.120. The van der Waals surface area contributed by atoms with E-state index in [1.165, 1.54) is 13.0 Å². The molecule has 0 heterocycles. The van der Waals surface area contributed by atoms with Crippen LogP contribution in [0.3, 0.4) is 0 Å². The van der Waals surface area contributed by atoms with Gasteiger partial charge < -0.3 is 15.0 Å². The molecule has 0 amide bonds. The highest BCUT2D eigenvalue weighted by atomic mass is 16.5. The molecule has 0 aromatic rings. The zero-order chi connectivity index (χ0) is 11.5. The standard InChI is InChI=1S/C12H28N2O/c1-5-14(6-2)9-7-8-13-10-12(3)11-15-4/h12-13H,5-11H2,1-4H3. The van der Waals surface area contributed by atoms with Crippen LogP contribution in [0.15, 0.2) is 0 Å². The molecule has 1 N–H and O–H groups in total. The van der Waals surface area contributed by atoms with Crippen molar-refractivity contribution < 1.29 is 4.74 Å². The molecule has 0 aromatic carbocycles. The zero-order valence-electron chi connectivity index (χ0n) is 10.9. The molecule has 92 valence electrons. The van der Waals surface area contributed by atoms with Crippen molar-refractivity contribution in [1.29, 1.82) is 0 Å². The molecule has 0 rings (SSSR count). The highest BCUT2D eigenvalue weighted by Gasteiger charge is 2.01. The second kappa shape index (κ2) is 10.4. The van der Waals surface area contributed by atoms with Gasteiger partial charge in [-0.3, -0.25) is 0 Å². The van der Waals surface area contributed by atoms with Crippen molar-refractivity contribution in [2.24, 2.45) is 5.92 Å². The molecule has 0 bridgehead atoms. The number of nitrogens with zero attached hydrogens (tertiary/aromatic N) is 1. The quantitative estimate of drug-likeness (QED) is 0.561. The molecular formula is C12H28N2O. The molecular weight excluding hydrogens is 188 g/mol. The number of hydrogen-bond acceptors (Lipinski definition) is 3. The van der Waals surface area contributed by atoms with Gasteiger partial charge in [0.15, 0.2) is 0 Å². The molecule has 0 aliphatic rings. The maximum absolute atomic E-state index is 5.09. The third-order valence-electron chi connectivity index (χ3n) is 2.67. The van der Waals surface area contributed by atoms with Crippen LogP contribution in [0.1, 0.15) is 27.2 Å². The fourth-order valence-corrected chi connectivity index (χ4v) is 1.66. The van der Waals surface area contributed by atoms with Gasteiger partial charge in [0.2, 0.25) is 0 Å². The largest absolute Gasteiger partial charge is 0.384 e. The Morgan fingerprint density at radius 2 is 1.93 bits per heavy atom. The highest BCUT2D eigenvalue weighted by molar-refractivity contribution is 4.58. The number of nitrogens with one attached hydrogen (secondary N) is 1. The van der Waals surface area contributed by atoms with E-state index in [0.717, 1.165) is 32.8 Å². The van der Waals surface area contributed by atoms with Crippen molar-refractivity contribution in [3.8, 4) is 0 Å². The van der Waals surface area contributed by atoms with Gasteiger partial charge in [-0.2, -0.15) is 0 Å². The van der Waals surface area contributed by atoms with E-state index in [4.69, 9.17) is 4.74 Å². The third-order valence-corrected chi connectivity index (χ3v) is 2.67. The first-order valence-electron chi connectivity index (χ1n) is 6.16. The van der Waals surface area contributed by atoms with E-state index < -0.39 is 0 Å². The van der Waals surface area contributed by atoms with Crippen LogP contribution >= 0.6 is 0 Å². The molecule has 15 heavy (non-hydrogen) atoms. The third kappa shape index (κ3) is 8.85.